The fourth-order valence-electron chi connectivity index (χ4n) is 2.40. The van der Waals surface area contributed by atoms with Gasteiger partial charge >= 0.3 is 0 Å². The van der Waals surface area contributed by atoms with Crippen LogP contribution in [0.25, 0.3) is 10.9 Å². The van der Waals surface area contributed by atoms with Gasteiger partial charge < -0.3 is 0 Å². The summed E-state index contributed by atoms with van der Waals surface area (Å²) >= 11 is 0. The molecule has 0 saturated heterocycles. The van der Waals surface area contributed by atoms with Crippen molar-refractivity contribution in [3.05, 3.63) is 78.0 Å². The van der Waals surface area contributed by atoms with Gasteiger partial charge in [-0.2, -0.15) is 4.57 Å². The van der Waals surface area contributed by atoms with Crippen LogP contribution in [0.4, 0.5) is 0 Å². The Balaban J connectivity index is 1.95. The minimum atomic E-state index is 0.106. The Labute approximate surface area is 118 Å². The Morgan fingerprint density at radius 3 is 2.40 bits per heavy atom. The van der Waals surface area contributed by atoms with Crippen molar-refractivity contribution in [3.8, 4) is 0 Å². The molecule has 0 spiro atoms. The third-order valence-corrected chi connectivity index (χ3v) is 3.50. The second-order valence-electron chi connectivity index (χ2n) is 4.95. The van der Waals surface area contributed by atoms with Crippen LogP contribution in [-0.2, 0) is 6.54 Å². The summed E-state index contributed by atoms with van der Waals surface area (Å²) < 4.78 is 2.22. The Bertz CT molecular complexity index is 754. The van der Waals surface area contributed by atoms with Crippen LogP contribution < -0.4 is 4.57 Å². The number of aromatic nitrogens is 1. The van der Waals surface area contributed by atoms with Crippen molar-refractivity contribution < 1.29 is 9.36 Å². The molecule has 0 atom stereocenters. The van der Waals surface area contributed by atoms with E-state index in [-0.39, 0.29) is 5.78 Å². The van der Waals surface area contributed by atoms with Crippen molar-refractivity contribution in [2.24, 2.45) is 0 Å². The van der Waals surface area contributed by atoms with Crippen LogP contribution in [0.2, 0.25) is 0 Å². The summed E-state index contributed by atoms with van der Waals surface area (Å²) in [4.78, 5) is 11.3. The zero-order valence-electron chi connectivity index (χ0n) is 11.4. The summed E-state index contributed by atoms with van der Waals surface area (Å²) in [6, 6.07) is 20.3. The summed E-state index contributed by atoms with van der Waals surface area (Å²) in [7, 11) is 0. The quantitative estimate of drug-likeness (QED) is 0.523. The second-order valence-corrected chi connectivity index (χ2v) is 4.95. The number of fused-ring (bicyclic) bond motifs is 1. The summed E-state index contributed by atoms with van der Waals surface area (Å²) in [6.45, 7) is 2.40. The van der Waals surface area contributed by atoms with Crippen LogP contribution in [0, 0.1) is 0 Å². The Morgan fingerprint density at radius 1 is 0.950 bits per heavy atom. The number of ketones is 1. The highest BCUT2D eigenvalue weighted by molar-refractivity contribution is 5.94. The Hall–Kier alpha value is -2.48. The van der Waals surface area contributed by atoms with E-state index in [9.17, 15) is 4.79 Å². The monoisotopic (exact) mass is 262 g/mol. The maximum Gasteiger partial charge on any atom is 0.212 e. The van der Waals surface area contributed by atoms with Gasteiger partial charge in [-0.05, 0) is 19.1 Å². The summed E-state index contributed by atoms with van der Waals surface area (Å²) in [6.07, 6.45) is 2.08. The first kappa shape index (κ1) is 12.5. The number of benzene rings is 2. The van der Waals surface area contributed by atoms with Crippen LogP contribution in [0.1, 0.15) is 22.8 Å². The minimum Gasteiger partial charge on any atom is -0.295 e. The zero-order chi connectivity index (χ0) is 13.9. The number of nitrogens with zero attached hydrogens (tertiary/aromatic N) is 1. The lowest BCUT2D eigenvalue weighted by molar-refractivity contribution is -0.662. The van der Waals surface area contributed by atoms with Crippen molar-refractivity contribution in [1.82, 2.24) is 0 Å². The molecule has 0 aliphatic carbocycles. The molecule has 98 valence electrons. The molecule has 2 nitrogen and oxygen atoms in total. The highest BCUT2D eigenvalue weighted by atomic mass is 16.1. The number of carbonyl (C=O) groups is 1. The van der Waals surface area contributed by atoms with Crippen LogP contribution in [0.3, 0.4) is 0 Å². The third-order valence-electron chi connectivity index (χ3n) is 3.50. The molecule has 1 aromatic heterocycles. The van der Waals surface area contributed by atoms with E-state index in [4.69, 9.17) is 0 Å². The fraction of sp³-hybridized carbons (Fsp3) is 0.111. The van der Waals surface area contributed by atoms with Crippen LogP contribution >= 0.6 is 0 Å². The molecule has 20 heavy (non-hydrogen) atoms. The topological polar surface area (TPSA) is 20.9 Å². The average molecular weight is 262 g/mol. The molecule has 3 rings (SSSR count). The Morgan fingerprint density at radius 2 is 1.65 bits per heavy atom. The van der Waals surface area contributed by atoms with Crippen molar-refractivity contribution in [1.29, 1.82) is 0 Å². The van der Waals surface area contributed by atoms with Gasteiger partial charge in [0.05, 0.1) is 0 Å². The first-order valence-electron chi connectivity index (χ1n) is 6.71. The lowest BCUT2D eigenvalue weighted by atomic mass is 10.1. The molecule has 2 heteroatoms. The lowest BCUT2D eigenvalue weighted by Gasteiger charge is -2.02. The number of hydrogen-bond donors (Lipinski definition) is 0. The van der Waals surface area contributed by atoms with Gasteiger partial charge in [0.1, 0.15) is 0 Å². The summed E-state index contributed by atoms with van der Waals surface area (Å²) in [5, 5.41) is 1.23. The van der Waals surface area contributed by atoms with E-state index < -0.39 is 0 Å². The molecule has 0 amide bonds. The SMILES string of the molecule is CC(=O)c1ccc(C[n+]2cccc3ccccc32)cc1. The van der Waals surface area contributed by atoms with Crippen LogP contribution in [0.5, 0.6) is 0 Å². The molecule has 0 saturated carbocycles. The molecule has 1 heterocycles. The summed E-state index contributed by atoms with van der Waals surface area (Å²) in [5.41, 5.74) is 3.17. The highest BCUT2D eigenvalue weighted by Crippen LogP contribution is 2.10. The summed E-state index contributed by atoms with van der Waals surface area (Å²) in [5.74, 6) is 0.106. The number of Topliss-reactive ketones (excluding diaryl/α,β-unsaturated/α-hetero) is 1. The molecule has 0 aliphatic heterocycles. The Kier molecular flexibility index (Phi) is 3.30. The maximum atomic E-state index is 11.3. The van der Waals surface area contributed by atoms with Crippen molar-refractivity contribution >= 4 is 16.7 Å². The standard InChI is InChI=1S/C18H16NO/c1-14(20)16-10-8-15(9-11-16)13-19-12-4-6-17-5-2-3-7-18(17)19/h2-12H,13H2,1H3/q+1. The fourth-order valence-corrected chi connectivity index (χ4v) is 2.40. The van der Waals surface area contributed by atoms with Crippen molar-refractivity contribution in [2.75, 3.05) is 0 Å². The van der Waals surface area contributed by atoms with E-state index in [0.717, 1.165) is 12.1 Å². The van der Waals surface area contributed by atoms with E-state index in [1.165, 1.54) is 16.5 Å². The molecule has 0 radical (unpaired) electrons. The van der Waals surface area contributed by atoms with Crippen molar-refractivity contribution in [3.63, 3.8) is 0 Å². The van der Waals surface area contributed by atoms with Gasteiger partial charge in [0.25, 0.3) is 0 Å². The number of pyridine rings is 1. The predicted molar refractivity (Wildman–Crippen MR) is 79.7 cm³/mol. The molecule has 0 fully saturated rings. The largest absolute Gasteiger partial charge is 0.295 e. The van der Waals surface area contributed by atoms with E-state index in [2.05, 4.69) is 41.1 Å². The van der Waals surface area contributed by atoms with Gasteiger partial charge in [-0.15, -0.1) is 0 Å². The minimum absolute atomic E-state index is 0.106. The van der Waals surface area contributed by atoms with Gasteiger partial charge in [-0.3, -0.25) is 4.79 Å². The van der Waals surface area contributed by atoms with E-state index >= 15 is 0 Å². The molecule has 0 bridgehead atoms. The molecule has 0 unspecified atom stereocenters. The van der Waals surface area contributed by atoms with Crippen molar-refractivity contribution in [2.45, 2.75) is 13.5 Å². The predicted octanol–water partition coefficient (Wildman–Crippen LogP) is 3.38. The van der Waals surface area contributed by atoms with Gasteiger partial charge in [0, 0.05) is 28.6 Å². The number of rotatable bonds is 3. The number of para-hydroxylation sites is 1. The van der Waals surface area contributed by atoms with Gasteiger partial charge in [0.2, 0.25) is 5.52 Å². The van der Waals surface area contributed by atoms with Crippen LogP contribution in [-0.4, -0.2) is 5.78 Å². The second kappa shape index (κ2) is 5.25. The molecule has 0 N–H and O–H groups in total. The molecular formula is C18H16NO+. The molecular weight excluding hydrogens is 246 g/mol. The number of hydrogen-bond acceptors (Lipinski definition) is 1. The molecule has 0 aliphatic rings. The molecule has 2 aromatic carbocycles. The van der Waals surface area contributed by atoms with Gasteiger partial charge in [0.15, 0.2) is 18.5 Å². The normalized spacial score (nSPS) is 10.7. The third kappa shape index (κ3) is 2.45. The maximum absolute atomic E-state index is 11.3. The van der Waals surface area contributed by atoms with Gasteiger partial charge in [-0.1, -0.05) is 36.4 Å². The smallest absolute Gasteiger partial charge is 0.212 e. The highest BCUT2D eigenvalue weighted by Gasteiger charge is 2.08. The number of carbonyl (C=O) groups excluding carboxylic acids is 1. The van der Waals surface area contributed by atoms with E-state index in [1.807, 2.05) is 30.3 Å². The first-order valence-corrected chi connectivity index (χ1v) is 6.71. The zero-order valence-corrected chi connectivity index (χ0v) is 11.4. The van der Waals surface area contributed by atoms with E-state index in [0.29, 0.717) is 0 Å². The lowest BCUT2D eigenvalue weighted by Crippen LogP contribution is -2.34. The van der Waals surface area contributed by atoms with E-state index in [1.54, 1.807) is 6.92 Å². The average Bonchev–Trinajstić information content (AvgIpc) is 2.48. The first-order chi connectivity index (χ1) is 9.74. The molecule has 3 aromatic rings. The van der Waals surface area contributed by atoms with Gasteiger partial charge in [-0.25, -0.2) is 0 Å². The van der Waals surface area contributed by atoms with Crippen LogP contribution in [0.15, 0.2) is 66.9 Å².